The summed E-state index contributed by atoms with van der Waals surface area (Å²) in [4.78, 5) is 0. The Balaban J connectivity index is 3.10. The molecule has 4 nitrogen and oxygen atoms in total. The monoisotopic (exact) mass is 164 g/mol. The second kappa shape index (κ2) is 3.11. The molecule has 0 bridgehead atoms. The van der Waals surface area contributed by atoms with Gasteiger partial charge in [-0.05, 0) is 17.7 Å². The largest absolute Gasteiger partial charge is 0.508 e. The van der Waals surface area contributed by atoms with Gasteiger partial charge < -0.3 is 15.9 Å². The predicted molar refractivity (Wildman–Crippen MR) is 42.3 cm³/mol. The Morgan fingerprint density at radius 1 is 1.25 bits per heavy atom. The molecule has 4 N–H and O–H groups in total. The highest BCUT2D eigenvalue weighted by Crippen LogP contribution is 2.23. The lowest BCUT2D eigenvalue weighted by molar-refractivity contribution is 0.449. The third-order valence-electron chi connectivity index (χ3n) is 1.42. The number of nitrogens with two attached hydrogens (primary N) is 1. The highest BCUT2D eigenvalue weighted by atomic mass is 16.3. The number of nitriles is 1. The number of phenols is 2. The molecule has 0 aliphatic heterocycles. The van der Waals surface area contributed by atoms with Crippen LogP contribution in [0.5, 0.6) is 11.5 Å². The molecule has 0 saturated carbocycles. The Kier molecular flexibility index (Phi) is 2.17. The molecular weight excluding hydrogens is 156 g/mol. The number of hydrogen-bond acceptors (Lipinski definition) is 4. The molecule has 0 aromatic heterocycles. The van der Waals surface area contributed by atoms with Crippen LogP contribution >= 0.6 is 0 Å². The van der Waals surface area contributed by atoms with Gasteiger partial charge in [0.1, 0.15) is 17.5 Å². The standard InChI is InChI=1S/C8H8N2O2/c9-4-8(10)5-1-6(11)3-7(12)2-5/h1-3,8,11-12H,10H2. The van der Waals surface area contributed by atoms with Gasteiger partial charge in [-0.15, -0.1) is 0 Å². The maximum Gasteiger partial charge on any atom is 0.119 e. The molecule has 1 rings (SSSR count). The Morgan fingerprint density at radius 3 is 2.17 bits per heavy atom. The van der Waals surface area contributed by atoms with Crippen LogP contribution in [-0.4, -0.2) is 10.2 Å². The molecule has 0 saturated heterocycles. The molecule has 1 atom stereocenters. The van der Waals surface area contributed by atoms with E-state index in [-0.39, 0.29) is 11.5 Å². The summed E-state index contributed by atoms with van der Waals surface area (Å²) in [6.07, 6.45) is 0. The van der Waals surface area contributed by atoms with Crippen molar-refractivity contribution in [2.24, 2.45) is 5.73 Å². The molecule has 1 unspecified atom stereocenters. The topological polar surface area (TPSA) is 90.3 Å². The van der Waals surface area contributed by atoms with Gasteiger partial charge in [0, 0.05) is 6.07 Å². The maximum absolute atomic E-state index is 9.01. The second-order valence-corrected chi connectivity index (χ2v) is 2.39. The molecular formula is C8H8N2O2. The minimum absolute atomic E-state index is 0.101. The average molecular weight is 164 g/mol. The lowest BCUT2D eigenvalue weighted by Crippen LogP contribution is -2.06. The smallest absolute Gasteiger partial charge is 0.119 e. The maximum atomic E-state index is 9.01. The molecule has 0 spiro atoms. The first-order valence-corrected chi connectivity index (χ1v) is 3.31. The normalized spacial score (nSPS) is 12.0. The second-order valence-electron chi connectivity index (χ2n) is 2.39. The Bertz CT molecular complexity index is 310. The lowest BCUT2D eigenvalue weighted by Gasteiger charge is -2.03. The van der Waals surface area contributed by atoms with E-state index in [9.17, 15) is 0 Å². The van der Waals surface area contributed by atoms with E-state index >= 15 is 0 Å². The SMILES string of the molecule is N#CC(N)c1cc(O)cc(O)c1. The van der Waals surface area contributed by atoms with Gasteiger partial charge in [0.2, 0.25) is 0 Å². The van der Waals surface area contributed by atoms with Crippen molar-refractivity contribution in [1.82, 2.24) is 0 Å². The van der Waals surface area contributed by atoms with Crippen molar-refractivity contribution in [1.29, 1.82) is 5.26 Å². The molecule has 0 aliphatic rings. The zero-order valence-corrected chi connectivity index (χ0v) is 6.23. The lowest BCUT2D eigenvalue weighted by atomic mass is 10.1. The number of rotatable bonds is 1. The Hall–Kier alpha value is -1.73. The van der Waals surface area contributed by atoms with Crippen molar-refractivity contribution in [3.05, 3.63) is 23.8 Å². The van der Waals surface area contributed by atoms with Crippen LogP contribution in [-0.2, 0) is 0 Å². The van der Waals surface area contributed by atoms with Crippen LogP contribution < -0.4 is 5.73 Å². The van der Waals surface area contributed by atoms with Crippen LogP contribution in [0.3, 0.4) is 0 Å². The molecule has 4 heteroatoms. The van der Waals surface area contributed by atoms with Crippen LogP contribution in [0.15, 0.2) is 18.2 Å². The summed E-state index contributed by atoms with van der Waals surface area (Å²) in [5, 5.41) is 26.5. The van der Waals surface area contributed by atoms with Crippen molar-refractivity contribution in [3.8, 4) is 17.6 Å². The minimum Gasteiger partial charge on any atom is -0.508 e. The minimum atomic E-state index is -0.817. The van der Waals surface area contributed by atoms with Gasteiger partial charge >= 0.3 is 0 Å². The molecule has 62 valence electrons. The summed E-state index contributed by atoms with van der Waals surface area (Å²) < 4.78 is 0. The van der Waals surface area contributed by atoms with Gasteiger partial charge in [-0.25, -0.2) is 0 Å². The van der Waals surface area contributed by atoms with Crippen LogP contribution in [0.25, 0.3) is 0 Å². The van der Waals surface area contributed by atoms with E-state index in [4.69, 9.17) is 21.2 Å². The summed E-state index contributed by atoms with van der Waals surface area (Å²) in [5.74, 6) is -0.202. The Morgan fingerprint density at radius 2 is 1.75 bits per heavy atom. The van der Waals surface area contributed by atoms with Gasteiger partial charge in [-0.3, -0.25) is 0 Å². The molecule has 0 radical (unpaired) electrons. The third kappa shape index (κ3) is 1.65. The number of nitrogens with zero attached hydrogens (tertiary/aromatic N) is 1. The van der Waals surface area contributed by atoms with E-state index in [1.54, 1.807) is 6.07 Å². The van der Waals surface area contributed by atoms with E-state index < -0.39 is 6.04 Å². The van der Waals surface area contributed by atoms with Crippen molar-refractivity contribution >= 4 is 0 Å². The number of hydrogen-bond donors (Lipinski definition) is 3. The number of phenolic OH excluding ortho intramolecular Hbond substituents is 2. The fourth-order valence-corrected chi connectivity index (χ4v) is 0.872. The van der Waals surface area contributed by atoms with Gasteiger partial charge in [0.25, 0.3) is 0 Å². The van der Waals surface area contributed by atoms with Crippen LogP contribution in [0, 0.1) is 11.3 Å². The van der Waals surface area contributed by atoms with E-state index in [1.807, 2.05) is 0 Å². The molecule has 0 amide bonds. The average Bonchev–Trinajstić information content (AvgIpc) is 2.01. The molecule has 0 fully saturated rings. The molecule has 0 heterocycles. The Labute approximate surface area is 69.5 Å². The van der Waals surface area contributed by atoms with Gasteiger partial charge in [-0.2, -0.15) is 5.26 Å². The van der Waals surface area contributed by atoms with E-state index in [0.717, 1.165) is 0 Å². The van der Waals surface area contributed by atoms with Crippen molar-refractivity contribution in [2.45, 2.75) is 6.04 Å². The zero-order valence-electron chi connectivity index (χ0n) is 6.23. The third-order valence-corrected chi connectivity index (χ3v) is 1.42. The summed E-state index contributed by atoms with van der Waals surface area (Å²) >= 11 is 0. The highest BCUT2D eigenvalue weighted by Gasteiger charge is 2.06. The molecule has 1 aromatic rings. The zero-order chi connectivity index (χ0) is 9.14. The molecule has 0 aliphatic carbocycles. The first kappa shape index (κ1) is 8.37. The number of benzene rings is 1. The van der Waals surface area contributed by atoms with E-state index in [1.165, 1.54) is 18.2 Å². The predicted octanol–water partition coefficient (Wildman–Crippen LogP) is 0.621. The first-order valence-electron chi connectivity index (χ1n) is 3.31. The van der Waals surface area contributed by atoms with Crippen molar-refractivity contribution < 1.29 is 10.2 Å². The van der Waals surface area contributed by atoms with Crippen molar-refractivity contribution in [3.63, 3.8) is 0 Å². The number of aromatic hydroxyl groups is 2. The van der Waals surface area contributed by atoms with Gasteiger partial charge in [0.15, 0.2) is 0 Å². The summed E-state index contributed by atoms with van der Waals surface area (Å²) in [5.41, 5.74) is 5.75. The summed E-state index contributed by atoms with van der Waals surface area (Å²) in [6.45, 7) is 0. The summed E-state index contributed by atoms with van der Waals surface area (Å²) in [6, 6.07) is 4.83. The fourth-order valence-electron chi connectivity index (χ4n) is 0.872. The quantitative estimate of drug-likeness (QED) is 0.567. The van der Waals surface area contributed by atoms with Gasteiger partial charge in [-0.1, -0.05) is 0 Å². The first-order chi connectivity index (χ1) is 5.63. The highest BCUT2D eigenvalue weighted by molar-refractivity contribution is 5.39. The van der Waals surface area contributed by atoms with Crippen LogP contribution in [0.4, 0.5) is 0 Å². The fraction of sp³-hybridized carbons (Fsp3) is 0.125. The molecule has 1 aromatic carbocycles. The van der Waals surface area contributed by atoms with Crippen molar-refractivity contribution in [2.75, 3.05) is 0 Å². The molecule has 12 heavy (non-hydrogen) atoms. The van der Waals surface area contributed by atoms with E-state index in [2.05, 4.69) is 0 Å². The van der Waals surface area contributed by atoms with Crippen LogP contribution in [0.1, 0.15) is 11.6 Å². The van der Waals surface area contributed by atoms with Gasteiger partial charge in [0.05, 0.1) is 6.07 Å². The van der Waals surface area contributed by atoms with E-state index in [0.29, 0.717) is 5.56 Å². The summed E-state index contributed by atoms with van der Waals surface area (Å²) in [7, 11) is 0. The van der Waals surface area contributed by atoms with Crippen LogP contribution in [0.2, 0.25) is 0 Å².